The maximum atomic E-state index is 6.16. The topological polar surface area (TPSA) is 33.7 Å². The summed E-state index contributed by atoms with van der Waals surface area (Å²) in [5, 5.41) is 4.13. The summed E-state index contributed by atoms with van der Waals surface area (Å²) >= 11 is 6.16. The van der Waals surface area contributed by atoms with Gasteiger partial charge in [0.05, 0.1) is 5.02 Å². The molecule has 2 aliphatic heterocycles. The molecule has 0 saturated carbocycles. The van der Waals surface area contributed by atoms with E-state index in [0.29, 0.717) is 10.8 Å². The second kappa shape index (κ2) is 5.57. The fraction of sp³-hybridized carbons (Fsp3) is 0.571. The van der Waals surface area contributed by atoms with Crippen LogP contribution in [0.1, 0.15) is 12.0 Å². The fourth-order valence-corrected chi connectivity index (χ4v) is 3.02. The van der Waals surface area contributed by atoms with Crippen LogP contribution in [-0.4, -0.2) is 38.4 Å². The molecule has 4 nitrogen and oxygen atoms in total. The van der Waals surface area contributed by atoms with Gasteiger partial charge in [-0.25, -0.2) is 0 Å². The highest BCUT2D eigenvalue weighted by Gasteiger charge is 2.20. The molecule has 1 aromatic carbocycles. The van der Waals surface area contributed by atoms with Gasteiger partial charge in [0.1, 0.15) is 0 Å². The first-order valence-corrected chi connectivity index (χ1v) is 7.07. The number of hydrogen-bond acceptors (Lipinski definition) is 4. The zero-order chi connectivity index (χ0) is 13.2. The number of fused-ring (bicyclic) bond motifs is 1. The van der Waals surface area contributed by atoms with Gasteiger partial charge in [-0.05, 0) is 50.2 Å². The van der Waals surface area contributed by atoms with Crippen molar-refractivity contribution in [3.8, 4) is 11.5 Å². The van der Waals surface area contributed by atoms with Crippen LogP contribution in [0.4, 0.5) is 0 Å². The van der Waals surface area contributed by atoms with Crippen LogP contribution in [0.3, 0.4) is 0 Å². The summed E-state index contributed by atoms with van der Waals surface area (Å²) in [6.07, 6.45) is 1.28. The number of ether oxygens (including phenoxy) is 2. The van der Waals surface area contributed by atoms with Crippen LogP contribution >= 0.6 is 11.6 Å². The van der Waals surface area contributed by atoms with Gasteiger partial charge in [-0.1, -0.05) is 11.6 Å². The molecule has 0 radical (unpaired) electrons. The van der Waals surface area contributed by atoms with E-state index in [9.17, 15) is 0 Å². The molecule has 5 heteroatoms. The number of benzene rings is 1. The van der Waals surface area contributed by atoms with Crippen molar-refractivity contribution < 1.29 is 9.47 Å². The van der Waals surface area contributed by atoms with E-state index in [-0.39, 0.29) is 6.79 Å². The van der Waals surface area contributed by atoms with Gasteiger partial charge in [-0.3, -0.25) is 0 Å². The molecular formula is C14H19ClN2O2. The van der Waals surface area contributed by atoms with Gasteiger partial charge >= 0.3 is 0 Å². The van der Waals surface area contributed by atoms with Crippen LogP contribution in [0.5, 0.6) is 11.5 Å². The van der Waals surface area contributed by atoms with Crippen molar-refractivity contribution in [2.75, 3.05) is 33.5 Å². The molecule has 1 saturated heterocycles. The van der Waals surface area contributed by atoms with E-state index in [1.54, 1.807) is 0 Å². The third-order valence-corrected chi connectivity index (χ3v) is 4.02. The van der Waals surface area contributed by atoms with Gasteiger partial charge in [-0.15, -0.1) is 0 Å². The van der Waals surface area contributed by atoms with Gasteiger partial charge < -0.3 is 19.7 Å². The first kappa shape index (κ1) is 13.0. The summed E-state index contributed by atoms with van der Waals surface area (Å²) in [7, 11) is 2.18. The number of halogens is 1. The van der Waals surface area contributed by atoms with Crippen molar-refractivity contribution in [2.24, 2.45) is 5.92 Å². The molecule has 1 unspecified atom stereocenters. The van der Waals surface area contributed by atoms with E-state index in [2.05, 4.69) is 17.3 Å². The molecule has 0 amide bonds. The van der Waals surface area contributed by atoms with Crippen LogP contribution in [0, 0.1) is 5.92 Å². The molecule has 0 bridgehead atoms. The highest BCUT2D eigenvalue weighted by molar-refractivity contribution is 6.32. The number of nitrogens with zero attached hydrogens (tertiary/aromatic N) is 1. The van der Waals surface area contributed by atoms with Crippen LogP contribution < -0.4 is 14.8 Å². The molecule has 2 heterocycles. The molecule has 1 atom stereocenters. The Labute approximate surface area is 118 Å². The zero-order valence-corrected chi connectivity index (χ0v) is 11.9. The number of hydrogen-bond donors (Lipinski definition) is 1. The zero-order valence-electron chi connectivity index (χ0n) is 11.1. The SMILES string of the molecule is CN1CCC(CNCc2cc(Cl)c3c(c2)OCO3)C1. The highest BCUT2D eigenvalue weighted by Crippen LogP contribution is 2.39. The summed E-state index contributed by atoms with van der Waals surface area (Å²) in [4.78, 5) is 2.38. The maximum Gasteiger partial charge on any atom is 0.231 e. The van der Waals surface area contributed by atoms with E-state index >= 15 is 0 Å². The second-order valence-electron chi connectivity index (χ2n) is 5.36. The van der Waals surface area contributed by atoms with Gasteiger partial charge in [0, 0.05) is 13.1 Å². The largest absolute Gasteiger partial charge is 0.454 e. The Balaban J connectivity index is 1.54. The van der Waals surface area contributed by atoms with Crippen molar-refractivity contribution in [1.29, 1.82) is 0 Å². The van der Waals surface area contributed by atoms with Crippen LogP contribution in [-0.2, 0) is 6.54 Å². The van der Waals surface area contributed by atoms with E-state index in [0.717, 1.165) is 30.3 Å². The minimum atomic E-state index is 0.264. The number of nitrogens with one attached hydrogen (secondary N) is 1. The lowest BCUT2D eigenvalue weighted by atomic mass is 10.1. The average Bonchev–Trinajstić information content (AvgIpc) is 2.98. The van der Waals surface area contributed by atoms with Gasteiger partial charge in [0.2, 0.25) is 6.79 Å². The van der Waals surface area contributed by atoms with Crippen molar-refractivity contribution in [2.45, 2.75) is 13.0 Å². The smallest absolute Gasteiger partial charge is 0.231 e. The van der Waals surface area contributed by atoms with Crippen LogP contribution in [0.2, 0.25) is 5.02 Å². The van der Waals surface area contributed by atoms with Gasteiger partial charge in [-0.2, -0.15) is 0 Å². The normalized spacial score (nSPS) is 22.1. The summed E-state index contributed by atoms with van der Waals surface area (Å²) in [6.45, 7) is 4.53. The third kappa shape index (κ3) is 2.96. The molecule has 1 aromatic rings. The van der Waals surface area contributed by atoms with E-state index < -0.39 is 0 Å². The predicted octanol–water partition coefficient (Wildman–Crippen LogP) is 2.11. The Morgan fingerprint density at radius 3 is 3.11 bits per heavy atom. The highest BCUT2D eigenvalue weighted by atomic mass is 35.5. The molecule has 1 N–H and O–H groups in total. The van der Waals surface area contributed by atoms with E-state index in [1.807, 2.05) is 12.1 Å². The Bertz CT molecular complexity index is 467. The molecular weight excluding hydrogens is 264 g/mol. The Morgan fingerprint density at radius 2 is 2.32 bits per heavy atom. The minimum Gasteiger partial charge on any atom is -0.454 e. The molecule has 1 fully saturated rings. The molecule has 0 spiro atoms. The molecule has 2 aliphatic rings. The first-order valence-electron chi connectivity index (χ1n) is 6.69. The fourth-order valence-electron chi connectivity index (χ4n) is 2.74. The summed E-state index contributed by atoms with van der Waals surface area (Å²) < 4.78 is 10.7. The van der Waals surface area contributed by atoms with Crippen molar-refractivity contribution >= 4 is 11.6 Å². The Hall–Kier alpha value is -0.970. The number of likely N-dealkylation sites (tertiary alicyclic amines) is 1. The lowest BCUT2D eigenvalue weighted by Crippen LogP contribution is -2.24. The summed E-state index contributed by atoms with van der Waals surface area (Å²) in [5.41, 5.74) is 1.14. The lowest BCUT2D eigenvalue weighted by molar-refractivity contribution is 0.174. The summed E-state index contributed by atoms with van der Waals surface area (Å²) in [6, 6.07) is 3.95. The van der Waals surface area contributed by atoms with E-state index in [1.165, 1.54) is 19.5 Å². The van der Waals surface area contributed by atoms with Crippen LogP contribution in [0.15, 0.2) is 12.1 Å². The quantitative estimate of drug-likeness (QED) is 0.917. The molecule has 19 heavy (non-hydrogen) atoms. The average molecular weight is 283 g/mol. The standard InChI is InChI=1S/C14H19ClN2O2/c1-17-3-2-10(8-17)6-16-7-11-4-12(15)14-13(5-11)18-9-19-14/h4-5,10,16H,2-3,6-9H2,1H3. The molecule has 104 valence electrons. The maximum absolute atomic E-state index is 6.16. The number of rotatable bonds is 4. The minimum absolute atomic E-state index is 0.264. The lowest BCUT2D eigenvalue weighted by Gasteiger charge is -2.12. The Morgan fingerprint density at radius 1 is 1.42 bits per heavy atom. The van der Waals surface area contributed by atoms with Gasteiger partial charge in [0.15, 0.2) is 11.5 Å². The van der Waals surface area contributed by atoms with Gasteiger partial charge in [0.25, 0.3) is 0 Å². The monoisotopic (exact) mass is 282 g/mol. The summed E-state index contributed by atoms with van der Waals surface area (Å²) in [5.74, 6) is 2.18. The van der Waals surface area contributed by atoms with Crippen LogP contribution in [0.25, 0.3) is 0 Å². The second-order valence-corrected chi connectivity index (χ2v) is 5.77. The van der Waals surface area contributed by atoms with Crippen molar-refractivity contribution in [3.05, 3.63) is 22.7 Å². The van der Waals surface area contributed by atoms with E-state index in [4.69, 9.17) is 21.1 Å². The predicted molar refractivity (Wildman–Crippen MR) is 74.9 cm³/mol. The van der Waals surface area contributed by atoms with Crippen molar-refractivity contribution in [1.82, 2.24) is 10.2 Å². The third-order valence-electron chi connectivity index (χ3n) is 3.74. The van der Waals surface area contributed by atoms with Crippen molar-refractivity contribution in [3.63, 3.8) is 0 Å². The Kier molecular flexibility index (Phi) is 3.82. The molecule has 0 aliphatic carbocycles. The molecule has 0 aromatic heterocycles. The molecule has 3 rings (SSSR count). The first-order chi connectivity index (χ1) is 9.22.